The van der Waals surface area contributed by atoms with Crippen LogP contribution in [0.4, 0.5) is 0 Å². The highest BCUT2D eigenvalue weighted by molar-refractivity contribution is 9.10. The molecule has 3 heteroatoms. The number of hydrogen-bond donors (Lipinski definition) is 0. The van der Waals surface area contributed by atoms with E-state index in [1.54, 1.807) is 12.1 Å². The minimum absolute atomic E-state index is 0.00996. The van der Waals surface area contributed by atoms with Gasteiger partial charge in [-0.25, -0.2) is 0 Å². The molecule has 0 aliphatic carbocycles. The minimum Gasteiger partial charge on any atom is -0.446 e. The molecule has 2 aromatic rings. The van der Waals surface area contributed by atoms with E-state index in [0.29, 0.717) is 16.9 Å². The van der Waals surface area contributed by atoms with Crippen molar-refractivity contribution >= 4 is 21.7 Å². The second-order valence-electron chi connectivity index (χ2n) is 4.58. The molecule has 0 spiro atoms. The van der Waals surface area contributed by atoms with Gasteiger partial charge in [0, 0.05) is 6.42 Å². The number of benzene rings is 1. The Morgan fingerprint density at radius 1 is 1.17 bits per heavy atom. The van der Waals surface area contributed by atoms with Gasteiger partial charge in [-0.2, -0.15) is 0 Å². The van der Waals surface area contributed by atoms with Crippen LogP contribution < -0.4 is 0 Å². The fourth-order valence-electron chi connectivity index (χ4n) is 2.20. The average Bonchev–Trinajstić information content (AvgIpc) is 2.70. The zero-order valence-corrected chi connectivity index (χ0v) is 12.3. The maximum Gasteiger partial charge on any atom is 0.202 e. The second-order valence-corrected chi connectivity index (χ2v) is 5.36. The Balaban J connectivity index is 2.27. The lowest BCUT2D eigenvalue weighted by Gasteiger charge is -2.09. The van der Waals surface area contributed by atoms with E-state index in [1.807, 2.05) is 13.8 Å². The standard InChI is InChI=1S/C15H15BrO2/c1-9-6-10(2)12(11(3)7-9)8-13(17)14-4-5-15(16)18-14/h4-7H,8H2,1-3H3. The van der Waals surface area contributed by atoms with Crippen molar-refractivity contribution in [3.63, 3.8) is 0 Å². The number of Topliss-reactive ketones (excluding diaryl/α,β-unsaturated/α-hetero) is 1. The molecule has 1 heterocycles. The quantitative estimate of drug-likeness (QED) is 0.787. The van der Waals surface area contributed by atoms with Gasteiger partial charge in [0.1, 0.15) is 0 Å². The predicted octanol–water partition coefficient (Wildman–Crippen LogP) is 4.39. The molecule has 0 aliphatic heterocycles. The van der Waals surface area contributed by atoms with Gasteiger partial charge < -0.3 is 4.42 Å². The van der Waals surface area contributed by atoms with Crippen LogP contribution in [0.25, 0.3) is 0 Å². The summed E-state index contributed by atoms with van der Waals surface area (Å²) in [4.78, 5) is 12.1. The molecule has 1 aromatic heterocycles. The summed E-state index contributed by atoms with van der Waals surface area (Å²) in [6.45, 7) is 6.15. The molecule has 18 heavy (non-hydrogen) atoms. The lowest BCUT2D eigenvalue weighted by molar-refractivity contribution is 0.0964. The highest BCUT2D eigenvalue weighted by Gasteiger charge is 2.14. The summed E-state index contributed by atoms with van der Waals surface area (Å²) in [6, 6.07) is 7.65. The van der Waals surface area contributed by atoms with Crippen LogP contribution >= 0.6 is 15.9 Å². The number of rotatable bonds is 3. The van der Waals surface area contributed by atoms with Crippen LogP contribution in [0.3, 0.4) is 0 Å². The Morgan fingerprint density at radius 2 is 1.78 bits per heavy atom. The van der Waals surface area contributed by atoms with E-state index in [1.165, 1.54) is 5.56 Å². The largest absolute Gasteiger partial charge is 0.446 e. The van der Waals surface area contributed by atoms with E-state index < -0.39 is 0 Å². The molecular weight excluding hydrogens is 292 g/mol. The molecule has 1 aromatic carbocycles. The smallest absolute Gasteiger partial charge is 0.202 e. The molecule has 0 aliphatic rings. The number of halogens is 1. The normalized spacial score (nSPS) is 10.7. The van der Waals surface area contributed by atoms with E-state index in [2.05, 4.69) is 35.0 Å². The van der Waals surface area contributed by atoms with Crippen molar-refractivity contribution in [2.45, 2.75) is 27.2 Å². The Labute approximate surface area is 115 Å². The summed E-state index contributed by atoms with van der Waals surface area (Å²) in [5, 5.41) is 0. The van der Waals surface area contributed by atoms with Crippen LogP contribution in [0.1, 0.15) is 32.8 Å². The number of furan rings is 1. The Hall–Kier alpha value is -1.35. The van der Waals surface area contributed by atoms with Crippen molar-refractivity contribution in [1.29, 1.82) is 0 Å². The highest BCUT2D eigenvalue weighted by atomic mass is 79.9. The summed E-state index contributed by atoms with van der Waals surface area (Å²) in [6.07, 6.45) is 0.387. The number of carbonyl (C=O) groups excluding carboxylic acids is 1. The maximum absolute atomic E-state index is 12.1. The molecule has 2 nitrogen and oxygen atoms in total. The molecule has 0 atom stereocenters. The van der Waals surface area contributed by atoms with E-state index in [0.717, 1.165) is 16.7 Å². The highest BCUT2D eigenvalue weighted by Crippen LogP contribution is 2.20. The topological polar surface area (TPSA) is 30.2 Å². The van der Waals surface area contributed by atoms with E-state index in [9.17, 15) is 4.79 Å². The third-order valence-electron chi connectivity index (χ3n) is 3.03. The van der Waals surface area contributed by atoms with Crippen LogP contribution in [0.2, 0.25) is 0 Å². The van der Waals surface area contributed by atoms with Crippen molar-refractivity contribution in [3.05, 3.63) is 56.9 Å². The summed E-state index contributed by atoms with van der Waals surface area (Å²) in [7, 11) is 0. The summed E-state index contributed by atoms with van der Waals surface area (Å²) >= 11 is 3.21. The van der Waals surface area contributed by atoms with Crippen molar-refractivity contribution in [1.82, 2.24) is 0 Å². The lowest BCUT2D eigenvalue weighted by Crippen LogP contribution is -2.06. The zero-order valence-electron chi connectivity index (χ0n) is 10.7. The molecule has 0 amide bonds. The van der Waals surface area contributed by atoms with Gasteiger partial charge in [0.05, 0.1) is 0 Å². The van der Waals surface area contributed by atoms with Gasteiger partial charge in [-0.1, -0.05) is 17.7 Å². The minimum atomic E-state index is 0.00996. The van der Waals surface area contributed by atoms with Gasteiger partial charge in [-0.3, -0.25) is 4.79 Å². The third kappa shape index (κ3) is 2.72. The Morgan fingerprint density at radius 3 is 2.28 bits per heavy atom. The van der Waals surface area contributed by atoms with Gasteiger partial charge in [0.2, 0.25) is 5.78 Å². The second kappa shape index (κ2) is 5.11. The predicted molar refractivity (Wildman–Crippen MR) is 75.1 cm³/mol. The SMILES string of the molecule is Cc1cc(C)c(CC(=O)c2ccc(Br)o2)c(C)c1. The van der Waals surface area contributed by atoms with Gasteiger partial charge in [0.15, 0.2) is 10.4 Å². The Kier molecular flexibility index (Phi) is 3.71. The molecule has 0 bridgehead atoms. The fraction of sp³-hybridized carbons (Fsp3) is 0.267. The van der Waals surface area contributed by atoms with Crippen LogP contribution in [-0.2, 0) is 6.42 Å². The van der Waals surface area contributed by atoms with Gasteiger partial charge in [0.25, 0.3) is 0 Å². The lowest BCUT2D eigenvalue weighted by atomic mass is 9.95. The first-order valence-corrected chi connectivity index (χ1v) is 6.62. The molecule has 0 saturated carbocycles. The van der Waals surface area contributed by atoms with Crippen LogP contribution in [0.15, 0.2) is 33.4 Å². The summed E-state index contributed by atoms with van der Waals surface area (Å²) < 4.78 is 5.87. The number of carbonyl (C=O) groups is 1. The van der Waals surface area contributed by atoms with Crippen molar-refractivity contribution in [3.8, 4) is 0 Å². The van der Waals surface area contributed by atoms with Crippen LogP contribution in [0.5, 0.6) is 0 Å². The van der Waals surface area contributed by atoms with Gasteiger partial charge in [-0.15, -0.1) is 0 Å². The first kappa shape index (κ1) is 13.1. The Bertz CT molecular complexity index is 573. The van der Waals surface area contributed by atoms with E-state index >= 15 is 0 Å². The number of hydrogen-bond acceptors (Lipinski definition) is 2. The van der Waals surface area contributed by atoms with Crippen molar-refractivity contribution in [2.24, 2.45) is 0 Å². The molecule has 0 unspecified atom stereocenters. The summed E-state index contributed by atoms with van der Waals surface area (Å²) in [5.41, 5.74) is 4.64. The molecule has 94 valence electrons. The third-order valence-corrected chi connectivity index (χ3v) is 3.45. The summed E-state index contributed by atoms with van der Waals surface area (Å²) in [5.74, 6) is 0.414. The number of aryl methyl sites for hydroxylation is 3. The molecule has 0 radical (unpaired) electrons. The number of ketones is 1. The van der Waals surface area contributed by atoms with Crippen LogP contribution in [-0.4, -0.2) is 5.78 Å². The average molecular weight is 307 g/mol. The molecule has 0 saturated heterocycles. The van der Waals surface area contributed by atoms with Crippen LogP contribution in [0, 0.1) is 20.8 Å². The molecule has 0 N–H and O–H groups in total. The monoisotopic (exact) mass is 306 g/mol. The molecule has 0 fully saturated rings. The maximum atomic E-state index is 12.1. The molecule has 2 rings (SSSR count). The first-order chi connectivity index (χ1) is 8.47. The van der Waals surface area contributed by atoms with Crippen molar-refractivity contribution in [2.75, 3.05) is 0 Å². The van der Waals surface area contributed by atoms with E-state index in [-0.39, 0.29) is 5.78 Å². The fourth-order valence-corrected chi connectivity index (χ4v) is 2.51. The van der Waals surface area contributed by atoms with Crippen molar-refractivity contribution < 1.29 is 9.21 Å². The molecular formula is C15H15BrO2. The van der Waals surface area contributed by atoms with Gasteiger partial charge >= 0.3 is 0 Å². The first-order valence-electron chi connectivity index (χ1n) is 5.82. The van der Waals surface area contributed by atoms with Gasteiger partial charge in [-0.05, 0) is 65.5 Å². The zero-order chi connectivity index (χ0) is 13.3. The van der Waals surface area contributed by atoms with E-state index in [4.69, 9.17) is 4.42 Å².